The van der Waals surface area contributed by atoms with E-state index in [2.05, 4.69) is 31.1 Å². The number of amides is 1. The first-order valence-corrected chi connectivity index (χ1v) is 7.55. The minimum absolute atomic E-state index is 0.0605. The highest BCUT2D eigenvalue weighted by Crippen LogP contribution is 2.24. The van der Waals surface area contributed by atoms with Gasteiger partial charge in [0.25, 0.3) is 5.91 Å². The van der Waals surface area contributed by atoms with E-state index in [1.165, 1.54) is 0 Å². The van der Waals surface area contributed by atoms with Crippen LogP contribution in [0.5, 0.6) is 0 Å². The molecule has 0 unspecified atom stereocenters. The number of hydrogen-bond acceptors (Lipinski definition) is 4. The SMILES string of the molecule is CCNc1cc(C(=O)N2CCOCC2)cc(C(C)(C)C)n1. The standard InChI is InChI=1S/C16H25N3O2/c1-5-17-14-11-12(10-13(18-14)16(2,3)4)15(20)19-6-8-21-9-7-19/h10-11H,5-9H2,1-4H3,(H,17,18). The Hall–Kier alpha value is -1.62. The number of aromatic nitrogens is 1. The zero-order chi connectivity index (χ0) is 15.5. The monoisotopic (exact) mass is 291 g/mol. The van der Waals surface area contributed by atoms with Gasteiger partial charge in [-0.3, -0.25) is 4.79 Å². The molecule has 0 saturated carbocycles. The van der Waals surface area contributed by atoms with E-state index in [0.29, 0.717) is 31.9 Å². The third-order valence-electron chi connectivity index (χ3n) is 3.50. The Morgan fingerprint density at radius 2 is 2.00 bits per heavy atom. The van der Waals surface area contributed by atoms with Crippen LogP contribution in [0.4, 0.5) is 5.82 Å². The number of anilines is 1. The van der Waals surface area contributed by atoms with Crippen molar-refractivity contribution in [2.45, 2.75) is 33.1 Å². The molecule has 0 aliphatic carbocycles. The van der Waals surface area contributed by atoms with Gasteiger partial charge in [-0.05, 0) is 19.1 Å². The number of carbonyl (C=O) groups is 1. The second kappa shape index (κ2) is 6.43. The fourth-order valence-electron chi connectivity index (χ4n) is 2.26. The van der Waals surface area contributed by atoms with Gasteiger partial charge in [-0.15, -0.1) is 0 Å². The second-order valence-corrected chi connectivity index (χ2v) is 6.31. The third kappa shape index (κ3) is 3.94. The molecule has 1 aromatic rings. The van der Waals surface area contributed by atoms with Crippen molar-refractivity contribution in [1.82, 2.24) is 9.88 Å². The molecule has 0 bridgehead atoms. The molecular weight excluding hydrogens is 266 g/mol. The Morgan fingerprint density at radius 1 is 1.33 bits per heavy atom. The summed E-state index contributed by atoms with van der Waals surface area (Å²) in [6.45, 7) is 11.7. The molecule has 5 nitrogen and oxygen atoms in total. The first-order chi connectivity index (χ1) is 9.91. The Labute approximate surface area is 126 Å². The molecule has 2 rings (SSSR count). The van der Waals surface area contributed by atoms with Gasteiger partial charge in [0, 0.05) is 36.3 Å². The summed E-state index contributed by atoms with van der Waals surface area (Å²) in [6, 6.07) is 3.76. The fourth-order valence-corrected chi connectivity index (χ4v) is 2.26. The van der Waals surface area contributed by atoms with E-state index >= 15 is 0 Å². The van der Waals surface area contributed by atoms with E-state index in [0.717, 1.165) is 18.1 Å². The molecule has 0 spiro atoms. The van der Waals surface area contributed by atoms with Gasteiger partial charge in [0.2, 0.25) is 0 Å². The molecule has 116 valence electrons. The maximum Gasteiger partial charge on any atom is 0.254 e. The quantitative estimate of drug-likeness (QED) is 0.928. The minimum Gasteiger partial charge on any atom is -0.378 e. The number of nitrogens with zero attached hydrogens (tertiary/aromatic N) is 2. The summed E-state index contributed by atoms with van der Waals surface area (Å²) in [4.78, 5) is 19.1. The minimum atomic E-state index is -0.0918. The lowest BCUT2D eigenvalue weighted by molar-refractivity contribution is 0.0302. The summed E-state index contributed by atoms with van der Waals surface area (Å²) < 4.78 is 5.31. The van der Waals surface area contributed by atoms with E-state index in [9.17, 15) is 4.79 Å². The van der Waals surface area contributed by atoms with Crippen molar-refractivity contribution in [2.24, 2.45) is 0 Å². The number of morpholine rings is 1. The van der Waals surface area contributed by atoms with E-state index < -0.39 is 0 Å². The number of pyridine rings is 1. The van der Waals surface area contributed by atoms with E-state index in [1.807, 2.05) is 24.0 Å². The van der Waals surface area contributed by atoms with Crippen LogP contribution in [-0.4, -0.2) is 48.6 Å². The summed E-state index contributed by atoms with van der Waals surface area (Å²) >= 11 is 0. The van der Waals surface area contributed by atoms with Crippen LogP contribution in [0.1, 0.15) is 43.7 Å². The molecular formula is C16H25N3O2. The highest BCUT2D eigenvalue weighted by molar-refractivity contribution is 5.95. The summed E-state index contributed by atoms with van der Waals surface area (Å²) in [6.07, 6.45) is 0. The van der Waals surface area contributed by atoms with Crippen LogP contribution in [0, 0.1) is 0 Å². The van der Waals surface area contributed by atoms with Gasteiger partial charge >= 0.3 is 0 Å². The summed E-state index contributed by atoms with van der Waals surface area (Å²) in [5, 5.41) is 3.21. The van der Waals surface area contributed by atoms with Gasteiger partial charge in [-0.25, -0.2) is 4.98 Å². The molecule has 1 saturated heterocycles. The zero-order valence-electron chi connectivity index (χ0n) is 13.4. The van der Waals surface area contributed by atoms with Crippen molar-refractivity contribution in [3.63, 3.8) is 0 Å². The lowest BCUT2D eigenvalue weighted by Crippen LogP contribution is -2.40. The molecule has 1 amide bonds. The van der Waals surface area contributed by atoms with Gasteiger partial charge in [0.15, 0.2) is 0 Å². The fraction of sp³-hybridized carbons (Fsp3) is 0.625. The Bertz CT molecular complexity index is 503. The summed E-state index contributed by atoms with van der Waals surface area (Å²) in [7, 11) is 0. The van der Waals surface area contributed by atoms with Crippen LogP contribution in [0.3, 0.4) is 0 Å². The molecule has 1 N–H and O–H groups in total. The number of carbonyl (C=O) groups excluding carboxylic acids is 1. The Morgan fingerprint density at radius 3 is 2.57 bits per heavy atom. The van der Waals surface area contributed by atoms with Crippen molar-refractivity contribution in [3.8, 4) is 0 Å². The van der Waals surface area contributed by atoms with Gasteiger partial charge in [0.1, 0.15) is 5.82 Å². The van der Waals surface area contributed by atoms with Gasteiger partial charge in [-0.2, -0.15) is 0 Å². The van der Waals surface area contributed by atoms with Crippen LogP contribution in [0.25, 0.3) is 0 Å². The highest BCUT2D eigenvalue weighted by atomic mass is 16.5. The summed E-state index contributed by atoms with van der Waals surface area (Å²) in [5.74, 6) is 0.826. The Kier molecular flexibility index (Phi) is 4.83. The average Bonchev–Trinajstić information content (AvgIpc) is 2.46. The van der Waals surface area contributed by atoms with Crippen LogP contribution in [-0.2, 0) is 10.2 Å². The second-order valence-electron chi connectivity index (χ2n) is 6.31. The maximum atomic E-state index is 12.7. The van der Waals surface area contributed by atoms with Gasteiger partial charge in [0.05, 0.1) is 13.2 Å². The van der Waals surface area contributed by atoms with E-state index in [1.54, 1.807) is 0 Å². The smallest absolute Gasteiger partial charge is 0.254 e. The molecule has 0 atom stereocenters. The van der Waals surface area contributed by atoms with E-state index in [-0.39, 0.29) is 11.3 Å². The van der Waals surface area contributed by atoms with Crippen molar-refractivity contribution in [2.75, 3.05) is 38.2 Å². The number of ether oxygens (including phenoxy) is 1. The molecule has 0 radical (unpaired) electrons. The van der Waals surface area contributed by atoms with E-state index in [4.69, 9.17) is 4.74 Å². The molecule has 1 aliphatic heterocycles. The average molecular weight is 291 g/mol. The zero-order valence-corrected chi connectivity index (χ0v) is 13.4. The van der Waals surface area contributed by atoms with Crippen molar-refractivity contribution < 1.29 is 9.53 Å². The maximum absolute atomic E-state index is 12.7. The topological polar surface area (TPSA) is 54.5 Å². The largest absolute Gasteiger partial charge is 0.378 e. The normalized spacial score (nSPS) is 15.9. The molecule has 2 heterocycles. The molecule has 5 heteroatoms. The summed E-state index contributed by atoms with van der Waals surface area (Å²) in [5.41, 5.74) is 1.54. The molecule has 21 heavy (non-hydrogen) atoms. The third-order valence-corrected chi connectivity index (χ3v) is 3.50. The van der Waals surface area contributed by atoms with Crippen molar-refractivity contribution in [1.29, 1.82) is 0 Å². The lowest BCUT2D eigenvalue weighted by atomic mass is 9.90. The number of hydrogen-bond donors (Lipinski definition) is 1. The Balaban J connectivity index is 2.32. The van der Waals surface area contributed by atoms with Gasteiger partial charge < -0.3 is 15.0 Å². The highest BCUT2D eigenvalue weighted by Gasteiger charge is 2.23. The van der Waals surface area contributed by atoms with Crippen molar-refractivity contribution in [3.05, 3.63) is 23.4 Å². The van der Waals surface area contributed by atoms with Crippen LogP contribution >= 0.6 is 0 Å². The van der Waals surface area contributed by atoms with Crippen LogP contribution in [0.2, 0.25) is 0 Å². The number of nitrogens with one attached hydrogen (secondary N) is 1. The predicted molar refractivity (Wildman–Crippen MR) is 83.8 cm³/mol. The molecule has 1 aliphatic rings. The first-order valence-electron chi connectivity index (χ1n) is 7.55. The van der Waals surface area contributed by atoms with Crippen LogP contribution < -0.4 is 5.32 Å². The lowest BCUT2D eigenvalue weighted by Gasteiger charge is -2.27. The molecule has 0 aromatic carbocycles. The first kappa shape index (κ1) is 15.8. The number of rotatable bonds is 3. The predicted octanol–water partition coefficient (Wildman–Crippen LogP) is 2.28. The molecule has 1 aromatic heterocycles. The van der Waals surface area contributed by atoms with Gasteiger partial charge in [-0.1, -0.05) is 20.8 Å². The van der Waals surface area contributed by atoms with Crippen LogP contribution in [0.15, 0.2) is 12.1 Å². The molecule has 1 fully saturated rings. The van der Waals surface area contributed by atoms with Crippen molar-refractivity contribution >= 4 is 11.7 Å².